The predicted octanol–water partition coefficient (Wildman–Crippen LogP) is 5.97. The minimum atomic E-state index is -0.661. The number of rotatable bonds is 5. The number of carbonyl (C=O) groups excluding carboxylic acids is 2. The highest BCUT2D eigenvalue weighted by atomic mass is 35.5. The highest BCUT2D eigenvalue weighted by molar-refractivity contribution is 8.15. The molecule has 3 aromatic carbocycles. The Morgan fingerprint density at radius 3 is 2.56 bits per heavy atom. The van der Waals surface area contributed by atoms with Crippen molar-refractivity contribution < 1.29 is 14.0 Å². The number of halogens is 2. The van der Waals surface area contributed by atoms with Crippen LogP contribution >= 0.6 is 23.4 Å². The molecule has 9 heteroatoms. The first-order valence-corrected chi connectivity index (χ1v) is 12.7. The zero-order chi connectivity index (χ0) is 25.2. The standard InChI is InChI=1S/C27H22ClFN4O2S/c1-16-6-8-18(9-7-16)23-14-22(17-10-12-19(29)13-11-17)32-33(23)27-31-26(35)24(36-27)15-25(34)30-21-5-3-2-4-20(21)28/h2-13,23-24H,14-15H2,1H3,(H,30,34)/t23-,24+/m0/s1. The second-order valence-corrected chi connectivity index (χ2v) is 10.2. The number of para-hydroxylation sites is 1. The summed E-state index contributed by atoms with van der Waals surface area (Å²) < 4.78 is 13.5. The number of nitrogens with one attached hydrogen (secondary N) is 1. The second-order valence-electron chi connectivity index (χ2n) is 8.60. The molecule has 182 valence electrons. The van der Waals surface area contributed by atoms with Gasteiger partial charge in [0.05, 0.1) is 22.5 Å². The maximum absolute atomic E-state index is 13.5. The molecule has 2 aliphatic heterocycles. The van der Waals surface area contributed by atoms with Gasteiger partial charge in [-0.2, -0.15) is 10.1 Å². The van der Waals surface area contributed by atoms with Crippen molar-refractivity contribution in [1.82, 2.24) is 5.01 Å². The molecule has 2 aliphatic rings. The fourth-order valence-electron chi connectivity index (χ4n) is 4.09. The lowest BCUT2D eigenvalue weighted by Crippen LogP contribution is -2.25. The van der Waals surface area contributed by atoms with Crippen LogP contribution in [0.1, 0.15) is 35.6 Å². The first kappa shape index (κ1) is 24.2. The molecule has 0 aromatic heterocycles. The van der Waals surface area contributed by atoms with Crippen LogP contribution in [0, 0.1) is 12.7 Å². The molecule has 0 radical (unpaired) electrons. The minimum Gasteiger partial charge on any atom is -0.325 e. The number of anilines is 1. The summed E-state index contributed by atoms with van der Waals surface area (Å²) in [6.45, 7) is 2.02. The lowest BCUT2D eigenvalue weighted by Gasteiger charge is -2.23. The van der Waals surface area contributed by atoms with Gasteiger partial charge in [-0.25, -0.2) is 9.40 Å². The number of aliphatic imine (C=N–C) groups is 1. The van der Waals surface area contributed by atoms with Crippen molar-refractivity contribution in [3.8, 4) is 0 Å². The average Bonchev–Trinajstić information content (AvgIpc) is 3.45. The molecule has 0 fully saturated rings. The number of benzene rings is 3. The van der Waals surface area contributed by atoms with Crippen molar-refractivity contribution in [3.05, 3.63) is 100 Å². The van der Waals surface area contributed by atoms with Crippen molar-refractivity contribution in [2.75, 3.05) is 5.32 Å². The second kappa shape index (κ2) is 10.2. The Balaban J connectivity index is 1.36. The Morgan fingerprint density at radius 2 is 1.83 bits per heavy atom. The normalized spacial score (nSPS) is 19.3. The van der Waals surface area contributed by atoms with Crippen LogP contribution < -0.4 is 5.32 Å². The summed E-state index contributed by atoms with van der Waals surface area (Å²) in [5.74, 6) is -1.02. The maximum Gasteiger partial charge on any atom is 0.262 e. The Kier molecular flexibility index (Phi) is 6.89. The predicted molar refractivity (Wildman–Crippen MR) is 142 cm³/mol. The highest BCUT2D eigenvalue weighted by Gasteiger charge is 2.39. The van der Waals surface area contributed by atoms with Gasteiger partial charge in [0.1, 0.15) is 11.1 Å². The highest BCUT2D eigenvalue weighted by Crippen LogP contribution is 2.38. The zero-order valence-electron chi connectivity index (χ0n) is 19.3. The summed E-state index contributed by atoms with van der Waals surface area (Å²) in [6.07, 6.45) is 0.527. The number of hydrogen-bond donors (Lipinski definition) is 1. The number of nitrogens with zero attached hydrogens (tertiary/aromatic N) is 3. The van der Waals surface area contributed by atoms with Crippen LogP contribution in [0.4, 0.5) is 10.1 Å². The molecule has 0 saturated carbocycles. The molecule has 36 heavy (non-hydrogen) atoms. The molecular formula is C27H22ClFN4O2S. The van der Waals surface area contributed by atoms with Gasteiger partial charge in [0, 0.05) is 12.8 Å². The van der Waals surface area contributed by atoms with Crippen molar-refractivity contribution in [1.29, 1.82) is 0 Å². The summed E-state index contributed by atoms with van der Waals surface area (Å²) in [5.41, 5.74) is 4.23. The third-order valence-electron chi connectivity index (χ3n) is 5.99. The van der Waals surface area contributed by atoms with Gasteiger partial charge < -0.3 is 5.32 Å². The van der Waals surface area contributed by atoms with Gasteiger partial charge in [0.15, 0.2) is 5.17 Å². The fourth-order valence-corrected chi connectivity index (χ4v) is 5.33. The van der Waals surface area contributed by atoms with Crippen LogP contribution in [-0.2, 0) is 9.59 Å². The van der Waals surface area contributed by atoms with Gasteiger partial charge in [-0.3, -0.25) is 9.59 Å². The van der Waals surface area contributed by atoms with E-state index in [0.29, 0.717) is 22.3 Å². The van der Waals surface area contributed by atoms with E-state index in [-0.39, 0.29) is 30.1 Å². The first-order chi connectivity index (χ1) is 17.4. The van der Waals surface area contributed by atoms with Crippen LogP contribution in [0.2, 0.25) is 5.02 Å². The lowest BCUT2D eigenvalue weighted by molar-refractivity contribution is -0.121. The summed E-state index contributed by atoms with van der Waals surface area (Å²) in [5, 5.41) is 9.49. The molecule has 2 amide bonds. The molecular weight excluding hydrogens is 499 g/mol. The summed E-state index contributed by atoms with van der Waals surface area (Å²) >= 11 is 7.35. The van der Waals surface area contributed by atoms with Gasteiger partial charge in [-0.1, -0.05) is 77.5 Å². The minimum absolute atomic E-state index is 0.0424. The van der Waals surface area contributed by atoms with E-state index < -0.39 is 5.25 Å². The van der Waals surface area contributed by atoms with Gasteiger partial charge >= 0.3 is 0 Å². The molecule has 0 unspecified atom stereocenters. The van der Waals surface area contributed by atoms with Gasteiger partial charge in [0.25, 0.3) is 5.91 Å². The quantitative estimate of drug-likeness (QED) is 0.450. The Labute approximate surface area is 217 Å². The summed E-state index contributed by atoms with van der Waals surface area (Å²) in [6, 6.07) is 21.1. The molecule has 2 heterocycles. The number of amidine groups is 1. The van der Waals surface area contributed by atoms with E-state index in [2.05, 4.69) is 10.3 Å². The first-order valence-electron chi connectivity index (χ1n) is 11.4. The van der Waals surface area contributed by atoms with Crippen LogP contribution in [0.15, 0.2) is 82.9 Å². The van der Waals surface area contributed by atoms with Crippen LogP contribution in [0.25, 0.3) is 0 Å². The Morgan fingerprint density at radius 1 is 1.11 bits per heavy atom. The molecule has 0 saturated heterocycles. The van der Waals surface area contributed by atoms with E-state index in [9.17, 15) is 14.0 Å². The van der Waals surface area contributed by atoms with Crippen molar-refractivity contribution in [2.45, 2.75) is 31.1 Å². The van der Waals surface area contributed by atoms with Crippen LogP contribution in [-0.4, -0.2) is 33.0 Å². The topological polar surface area (TPSA) is 74.1 Å². The van der Waals surface area contributed by atoms with Gasteiger partial charge in [-0.05, 0) is 42.3 Å². The SMILES string of the molecule is Cc1ccc([C@@H]2CC(c3ccc(F)cc3)=NN2C2=NC(=O)[C@@H](CC(=O)Nc3ccccc3Cl)S2)cc1. The lowest BCUT2D eigenvalue weighted by atomic mass is 9.98. The maximum atomic E-state index is 13.5. The molecule has 0 spiro atoms. The van der Waals surface area contributed by atoms with E-state index in [0.717, 1.165) is 22.4 Å². The zero-order valence-corrected chi connectivity index (χ0v) is 20.9. The van der Waals surface area contributed by atoms with Crippen molar-refractivity contribution in [2.24, 2.45) is 10.1 Å². The molecule has 5 rings (SSSR count). The number of hydrogen-bond acceptors (Lipinski definition) is 5. The molecule has 1 N–H and O–H groups in total. The number of thioether (sulfide) groups is 1. The van der Waals surface area contributed by atoms with E-state index >= 15 is 0 Å². The fraction of sp³-hybridized carbons (Fsp3) is 0.185. The number of carbonyl (C=O) groups is 2. The van der Waals surface area contributed by atoms with Crippen LogP contribution in [0.5, 0.6) is 0 Å². The number of aryl methyl sites for hydroxylation is 1. The van der Waals surface area contributed by atoms with E-state index in [1.54, 1.807) is 41.4 Å². The largest absolute Gasteiger partial charge is 0.325 e. The molecule has 6 nitrogen and oxygen atoms in total. The van der Waals surface area contributed by atoms with Gasteiger partial charge in [-0.15, -0.1) is 0 Å². The Bertz CT molecular complexity index is 1380. The molecule has 0 bridgehead atoms. The van der Waals surface area contributed by atoms with E-state index in [4.69, 9.17) is 16.7 Å². The Hall–Kier alpha value is -3.49. The molecule has 3 aromatic rings. The van der Waals surface area contributed by atoms with Gasteiger partial charge in [0.2, 0.25) is 5.91 Å². The van der Waals surface area contributed by atoms with Crippen LogP contribution in [0.3, 0.4) is 0 Å². The number of amides is 2. The average molecular weight is 521 g/mol. The van der Waals surface area contributed by atoms with Crippen molar-refractivity contribution in [3.63, 3.8) is 0 Å². The summed E-state index contributed by atoms with van der Waals surface area (Å²) in [7, 11) is 0. The van der Waals surface area contributed by atoms with Crippen molar-refractivity contribution >= 4 is 51.7 Å². The molecule has 2 atom stereocenters. The molecule has 0 aliphatic carbocycles. The van der Waals surface area contributed by atoms with E-state index in [1.165, 1.54) is 23.9 Å². The van der Waals surface area contributed by atoms with E-state index in [1.807, 2.05) is 31.2 Å². The third-order valence-corrected chi connectivity index (χ3v) is 7.47. The number of hydrazone groups is 1. The monoisotopic (exact) mass is 520 g/mol. The third kappa shape index (κ3) is 5.20. The summed E-state index contributed by atoms with van der Waals surface area (Å²) in [4.78, 5) is 29.6. The smallest absolute Gasteiger partial charge is 0.262 e.